The fourth-order valence-electron chi connectivity index (χ4n) is 4.99. The summed E-state index contributed by atoms with van der Waals surface area (Å²) in [6, 6.07) is 15.3. The van der Waals surface area contributed by atoms with Crippen LogP contribution in [0.15, 0.2) is 59.5 Å². The first kappa shape index (κ1) is 29.0. The molecule has 10 nitrogen and oxygen atoms in total. The molecule has 0 saturated carbocycles. The van der Waals surface area contributed by atoms with Crippen LogP contribution in [-0.2, 0) is 26.7 Å². The van der Waals surface area contributed by atoms with E-state index in [0.717, 1.165) is 15.2 Å². The lowest BCUT2D eigenvalue weighted by atomic mass is 10.0. The Kier molecular flexibility index (Phi) is 8.71. The zero-order valence-corrected chi connectivity index (χ0v) is 23.6. The van der Waals surface area contributed by atoms with Gasteiger partial charge < -0.3 is 15.2 Å². The van der Waals surface area contributed by atoms with E-state index in [9.17, 15) is 28.1 Å². The van der Waals surface area contributed by atoms with Crippen LogP contribution in [0.4, 0.5) is 0 Å². The molecule has 1 aliphatic heterocycles. The standard InChI is InChI=1S/C29H33N5O5S/c1-19(2)15-23(32-29(37)25-16-20-9-4-6-12-24(20)33(25)3)28(36)31-22-11-8-14-34(18-26(22)35)40(38,39)27-13-7-5-10-21(27)17-30/h4-7,9-10,12-13,16,19,22-23H,8,11,14-15,18H2,1-3H3,(H,31,36)(H,32,37)/t22-,23?/m1/s1. The van der Waals surface area contributed by atoms with Crippen molar-refractivity contribution < 1.29 is 22.8 Å². The lowest BCUT2D eigenvalue weighted by Gasteiger charge is -2.24. The molecule has 1 aromatic heterocycles. The van der Waals surface area contributed by atoms with Crippen LogP contribution in [0.25, 0.3) is 10.9 Å². The summed E-state index contributed by atoms with van der Waals surface area (Å²) in [4.78, 5) is 39.6. The quantitative estimate of drug-likeness (QED) is 0.432. The molecule has 1 aliphatic rings. The van der Waals surface area contributed by atoms with Crippen LogP contribution in [0, 0.1) is 17.2 Å². The second-order valence-electron chi connectivity index (χ2n) is 10.4. The first-order chi connectivity index (χ1) is 19.0. The maximum Gasteiger partial charge on any atom is 0.268 e. The number of benzene rings is 2. The summed E-state index contributed by atoms with van der Waals surface area (Å²) in [5, 5.41) is 15.9. The highest BCUT2D eigenvalue weighted by molar-refractivity contribution is 7.89. The predicted molar refractivity (Wildman–Crippen MR) is 150 cm³/mol. The third kappa shape index (κ3) is 6.08. The first-order valence-electron chi connectivity index (χ1n) is 13.2. The summed E-state index contributed by atoms with van der Waals surface area (Å²) < 4.78 is 29.3. The Morgan fingerprint density at radius 3 is 2.52 bits per heavy atom. The Labute approximate surface area is 234 Å². The molecule has 2 amide bonds. The van der Waals surface area contributed by atoms with Crippen molar-refractivity contribution in [2.24, 2.45) is 13.0 Å². The second kappa shape index (κ2) is 12.0. The van der Waals surface area contributed by atoms with Crippen molar-refractivity contribution in [3.8, 4) is 6.07 Å². The number of carbonyl (C=O) groups is 3. The Morgan fingerprint density at radius 1 is 1.12 bits per heavy atom. The van der Waals surface area contributed by atoms with E-state index in [-0.39, 0.29) is 29.3 Å². The van der Waals surface area contributed by atoms with Gasteiger partial charge in [-0.05, 0) is 49.4 Å². The minimum Gasteiger partial charge on any atom is -0.344 e. The molecule has 11 heteroatoms. The van der Waals surface area contributed by atoms with Crippen molar-refractivity contribution >= 4 is 38.5 Å². The number of nitrogens with zero attached hydrogens (tertiary/aromatic N) is 3. The van der Waals surface area contributed by atoms with Gasteiger partial charge in [0.2, 0.25) is 15.9 Å². The molecular formula is C29H33N5O5S. The van der Waals surface area contributed by atoms with E-state index in [1.807, 2.05) is 44.2 Å². The zero-order chi connectivity index (χ0) is 29.0. The van der Waals surface area contributed by atoms with Crippen molar-refractivity contribution in [2.75, 3.05) is 13.1 Å². The molecule has 0 aliphatic carbocycles. The van der Waals surface area contributed by atoms with E-state index >= 15 is 0 Å². The second-order valence-corrected chi connectivity index (χ2v) is 12.3. The van der Waals surface area contributed by atoms with E-state index in [4.69, 9.17) is 0 Å². The lowest BCUT2D eigenvalue weighted by Crippen LogP contribution is -2.52. The number of hydrogen-bond acceptors (Lipinski definition) is 6. The third-order valence-corrected chi connectivity index (χ3v) is 8.98. The average molecular weight is 564 g/mol. The number of hydrogen-bond donors (Lipinski definition) is 2. The van der Waals surface area contributed by atoms with Crippen LogP contribution in [0.5, 0.6) is 0 Å². The highest BCUT2D eigenvalue weighted by atomic mass is 32.2. The fourth-order valence-corrected chi connectivity index (χ4v) is 6.58. The maximum atomic E-state index is 13.4. The summed E-state index contributed by atoms with van der Waals surface area (Å²) in [5.74, 6) is -1.27. The molecule has 0 bridgehead atoms. The average Bonchev–Trinajstić information content (AvgIpc) is 3.15. The number of aromatic nitrogens is 1. The number of amides is 2. The van der Waals surface area contributed by atoms with Gasteiger partial charge in [-0.3, -0.25) is 14.4 Å². The molecule has 2 N–H and O–H groups in total. The summed E-state index contributed by atoms with van der Waals surface area (Å²) in [5.41, 5.74) is 1.30. The largest absolute Gasteiger partial charge is 0.344 e. The molecular weight excluding hydrogens is 530 g/mol. The summed E-state index contributed by atoms with van der Waals surface area (Å²) in [6.07, 6.45) is 0.942. The predicted octanol–water partition coefficient (Wildman–Crippen LogP) is 2.73. The molecule has 0 radical (unpaired) electrons. The first-order valence-corrected chi connectivity index (χ1v) is 14.6. The smallest absolute Gasteiger partial charge is 0.268 e. The minimum atomic E-state index is -4.09. The number of nitrogens with one attached hydrogen (secondary N) is 2. The highest BCUT2D eigenvalue weighted by Gasteiger charge is 2.35. The number of aryl methyl sites for hydroxylation is 1. The van der Waals surface area contributed by atoms with E-state index in [1.54, 1.807) is 23.7 Å². The molecule has 1 saturated heterocycles. The number of rotatable bonds is 8. The molecule has 40 heavy (non-hydrogen) atoms. The molecule has 4 rings (SSSR count). The SMILES string of the molecule is CC(C)CC(NC(=O)c1cc2ccccc2n1C)C(=O)N[C@@H]1CCCN(S(=O)(=O)c2ccccc2C#N)CC1=O. The van der Waals surface area contributed by atoms with Crippen molar-refractivity contribution in [2.45, 2.75) is 50.1 Å². The molecule has 2 atom stereocenters. The van der Waals surface area contributed by atoms with Gasteiger partial charge in [0.15, 0.2) is 5.78 Å². The Hall–Kier alpha value is -4.01. The fraction of sp³-hybridized carbons (Fsp3) is 0.379. The van der Waals surface area contributed by atoms with E-state index in [2.05, 4.69) is 10.6 Å². The number of carbonyl (C=O) groups excluding carboxylic acids is 3. The molecule has 1 unspecified atom stereocenters. The number of sulfonamides is 1. The minimum absolute atomic E-state index is 0.00226. The Bertz CT molecular complexity index is 1590. The summed E-state index contributed by atoms with van der Waals surface area (Å²) in [7, 11) is -2.30. The van der Waals surface area contributed by atoms with Gasteiger partial charge in [0.1, 0.15) is 17.8 Å². The van der Waals surface area contributed by atoms with Crippen molar-refractivity contribution in [3.05, 3.63) is 65.9 Å². The van der Waals surface area contributed by atoms with Gasteiger partial charge in [-0.1, -0.05) is 44.2 Å². The Balaban J connectivity index is 1.48. The van der Waals surface area contributed by atoms with Gasteiger partial charge in [-0.15, -0.1) is 0 Å². The van der Waals surface area contributed by atoms with E-state index < -0.39 is 46.2 Å². The summed E-state index contributed by atoms with van der Waals surface area (Å²) in [6.45, 7) is 3.52. The van der Waals surface area contributed by atoms with E-state index in [0.29, 0.717) is 18.5 Å². The monoisotopic (exact) mass is 563 g/mol. The van der Waals surface area contributed by atoms with Gasteiger partial charge in [0, 0.05) is 24.5 Å². The van der Waals surface area contributed by atoms with Gasteiger partial charge >= 0.3 is 0 Å². The van der Waals surface area contributed by atoms with Gasteiger partial charge in [-0.2, -0.15) is 9.57 Å². The van der Waals surface area contributed by atoms with E-state index in [1.165, 1.54) is 18.2 Å². The van der Waals surface area contributed by atoms with Gasteiger partial charge in [0.05, 0.1) is 23.0 Å². The third-order valence-electron chi connectivity index (χ3n) is 7.08. The number of fused-ring (bicyclic) bond motifs is 1. The molecule has 2 aromatic carbocycles. The van der Waals surface area contributed by atoms with Crippen LogP contribution in [0.1, 0.15) is 49.2 Å². The van der Waals surface area contributed by atoms with Crippen molar-refractivity contribution in [1.29, 1.82) is 5.26 Å². The van der Waals surface area contributed by atoms with Crippen molar-refractivity contribution in [3.63, 3.8) is 0 Å². The Morgan fingerprint density at radius 2 is 1.82 bits per heavy atom. The highest BCUT2D eigenvalue weighted by Crippen LogP contribution is 2.23. The number of Topliss-reactive ketones (excluding diaryl/α,β-unsaturated/α-hetero) is 1. The van der Waals surface area contributed by atoms with Crippen LogP contribution in [-0.4, -0.2) is 60.1 Å². The number of para-hydroxylation sites is 1. The van der Waals surface area contributed by atoms with Gasteiger partial charge in [-0.25, -0.2) is 8.42 Å². The topological polar surface area (TPSA) is 141 Å². The van der Waals surface area contributed by atoms with Crippen molar-refractivity contribution in [1.82, 2.24) is 19.5 Å². The van der Waals surface area contributed by atoms with Crippen LogP contribution < -0.4 is 10.6 Å². The molecule has 3 aromatic rings. The van der Waals surface area contributed by atoms with Crippen LogP contribution in [0.2, 0.25) is 0 Å². The van der Waals surface area contributed by atoms with Crippen LogP contribution in [0.3, 0.4) is 0 Å². The zero-order valence-electron chi connectivity index (χ0n) is 22.8. The maximum absolute atomic E-state index is 13.4. The normalized spacial score (nSPS) is 17.3. The molecule has 210 valence electrons. The number of nitriles is 1. The lowest BCUT2D eigenvalue weighted by molar-refractivity contribution is -0.129. The van der Waals surface area contributed by atoms with Gasteiger partial charge in [0.25, 0.3) is 5.91 Å². The molecule has 1 fully saturated rings. The summed E-state index contributed by atoms with van der Waals surface area (Å²) >= 11 is 0. The molecule has 2 heterocycles. The number of ketones is 1. The van der Waals surface area contributed by atoms with Crippen LogP contribution >= 0.6 is 0 Å². The molecule has 0 spiro atoms.